The second-order valence-electron chi connectivity index (χ2n) is 5.97. The molecule has 0 amide bonds. The molecular formula is C20H21N3O3S. The Kier molecular flexibility index (Phi) is 6.49. The third-order valence-electron chi connectivity index (χ3n) is 3.75. The summed E-state index contributed by atoms with van der Waals surface area (Å²) in [6, 6.07) is 12.0. The summed E-state index contributed by atoms with van der Waals surface area (Å²) in [4.78, 5) is 20.3. The van der Waals surface area contributed by atoms with Gasteiger partial charge in [0.15, 0.2) is 16.7 Å². The zero-order chi connectivity index (χ0) is 19.1. The molecule has 0 bridgehead atoms. The number of rotatable bonds is 6. The van der Waals surface area contributed by atoms with E-state index in [9.17, 15) is 4.79 Å². The molecule has 2 aromatic rings. The van der Waals surface area contributed by atoms with E-state index >= 15 is 0 Å². The summed E-state index contributed by atoms with van der Waals surface area (Å²) in [6.45, 7) is 2.49. The van der Waals surface area contributed by atoms with Gasteiger partial charge in [0.25, 0.3) is 0 Å². The summed E-state index contributed by atoms with van der Waals surface area (Å²) in [7, 11) is 1.34. The number of methoxy groups -OCH3 is 1. The van der Waals surface area contributed by atoms with Crippen LogP contribution in [0.15, 0.2) is 53.7 Å². The van der Waals surface area contributed by atoms with Crippen LogP contribution in [0, 0.1) is 0 Å². The highest BCUT2D eigenvalue weighted by Gasteiger charge is 2.16. The van der Waals surface area contributed by atoms with Crippen LogP contribution in [0.1, 0.15) is 18.1 Å². The molecule has 1 atom stereocenters. The van der Waals surface area contributed by atoms with Gasteiger partial charge in [-0.2, -0.15) is 0 Å². The van der Waals surface area contributed by atoms with Crippen molar-refractivity contribution in [1.29, 1.82) is 0 Å². The van der Waals surface area contributed by atoms with Crippen molar-refractivity contribution in [1.82, 2.24) is 4.98 Å². The van der Waals surface area contributed by atoms with Gasteiger partial charge < -0.3 is 14.8 Å². The van der Waals surface area contributed by atoms with Gasteiger partial charge in [-0.3, -0.25) is 4.99 Å². The Labute approximate surface area is 162 Å². The number of aromatic nitrogens is 1. The number of ether oxygens (including phenoxy) is 2. The normalized spacial score (nSPS) is 16.2. The summed E-state index contributed by atoms with van der Waals surface area (Å²) in [5.74, 6) is 1.72. The highest BCUT2D eigenvalue weighted by atomic mass is 32.2. The summed E-state index contributed by atoms with van der Waals surface area (Å²) in [5.41, 5.74) is 1.79. The Morgan fingerprint density at radius 3 is 2.89 bits per heavy atom. The predicted molar refractivity (Wildman–Crippen MR) is 109 cm³/mol. The molecule has 0 aliphatic carbocycles. The number of benzene rings is 1. The van der Waals surface area contributed by atoms with E-state index in [0.717, 1.165) is 22.0 Å². The van der Waals surface area contributed by atoms with Crippen molar-refractivity contribution in [2.45, 2.75) is 19.6 Å². The topological polar surface area (TPSA) is 72.8 Å². The lowest BCUT2D eigenvalue weighted by atomic mass is 10.2. The fraction of sp³-hybridized carbons (Fsp3) is 0.250. The number of aliphatic imine (C=N–C) groups is 1. The van der Waals surface area contributed by atoms with E-state index in [1.165, 1.54) is 13.2 Å². The molecule has 140 valence electrons. The molecule has 1 aromatic heterocycles. The number of carbonyl (C=O) groups is 1. The fourth-order valence-electron chi connectivity index (χ4n) is 2.37. The van der Waals surface area contributed by atoms with E-state index in [4.69, 9.17) is 4.74 Å². The molecular weight excluding hydrogens is 362 g/mol. The first kappa shape index (κ1) is 19.0. The Hall–Kier alpha value is -2.80. The van der Waals surface area contributed by atoms with Crippen LogP contribution in [0.3, 0.4) is 0 Å². The lowest BCUT2D eigenvalue weighted by molar-refractivity contribution is -0.134. The Balaban J connectivity index is 1.81. The zero-order valence-electron chi connectivity index (χ0n) is 15.2. The molecule has 0 fully saturated rings. The van der Waals surface area contributed by atoms with Crippen LogP contribution in [-0.2, 0) is 16.1 Å². The highest BCUT2D eigenvalue weighted by molar-refractivity contribution is 8.14. The Morgan fingerprint density at radius 1 is 1.37 bits per heavy atom. The molecule has 1 N–H and O–H groups in total. The number of nitrogens with zero attached hydrogens (tertiary/aromatic N) is 2. The number of amidine groups is 1. The predicted octanol–water partition coefficient (Wildman–Crippen LogP) is 3.75. The van der Waals surface area contributed by atoms with Crippen molar-refractivity contribution in [3.63, 3.8) is 0 Å². The van der Waals surface area contributed by atoms with Gasteiger partial charge >= 0.3 is 5.97 Å². The molecule has 1 aliphatic rings. The van der Waals surface area contributed by atoms with Gasteiger partial charge in [-0.25, -0.2) is 9.78 Å². The third-order valence-corrected chi connectivity index (χ3v) is 4.88. The second-order valence-corrected chi connectivity index (χ2v) is 6.97. The van der Waals surface area contributed by atoms with E-state index in [-0.39, 0.29) is 6.04 Å². The molecule has 0 spiro atoms. The van der Waals surface area contributed by atoms with Gasteiger partial charge in [0.2, 0.25) is 0 Å². The standard InChI is InChI=1S/C20H21N3O3S/c1-14-13-27-20(22-14)23-19-17(26-12-15-6-4-3-5-7-15)10-16(11-21-19)8-9-18(24)25-2/h3-11,14H,12-13H2,1-2H3,(H,21,22,23)/b9-8+. The van der Waals surface area contributed by atoms with Crippen LogP contribution < -0.4 is 10.1 Å². The van der Waals surface area contributed by atoms with Gasteiger partial charge in [-0.15, -0.1) is 0 Å². The van der Waals surface area contributed by atoms with Gasteiger partial charge in [-0.1, -0.05) is 42.1 Å². The van der Waals surface area contributed by atoms with Gasteiger partial charge in [0, 0.05) is 18.0 Å². The van der Waals surface area contributed by atoms with Crippen LogP contribution >= 0.6 is 11.8 Å². The molecule has 1 aromatic carbocycles. The maximum Gasteiger partial charge on any atom is 0.330 e. The fourth-order valence-corrected chi connectivity index (χ4v) is 3.26. The first-order valence-corrected chi connectivity index (χ1v) is 9.53. The van der Waals surface area contributed by atoms with Gasteiger partial charge in [0.1, 0.15) is 6.61 Å². The molecule has 7 heteroatoms. The first-order chi connectivity index (χ1) is 13.1. The van der Waals surface area contributed by atoms with Crippen molar-refractivity contribution >= 4 is 34.8 Å². The molecule has 0 radical (unpaired) electrons. The van der Waals surface area contributed by atoms with Crippen molar-refractivity contribution in [2.24, 2.45) is 4.99 Å². The monoisotopic (exact) mass is 383 g/mol. The number of anilines is 1. The number of hydrogen-bond donors (Lipinski definition) is 1. The number of thioether (sulfide) groups is 1. The third kappa shape index (κ3) is 5.59. The SMILES string of the molecule is COC(=O)/C=C/c1cnc(NC2=NC(C)CS2)c(OCc2ccccc2)c1. The molecule has 0 saturated carbocycles. The van der Waals surface area contributed by atoms with Crippen LogP contribution in [0.2, 0.25) is 0 Å². The summed E-state index contributed by atoms with van der Waals surface area (Å²) >= 11 is 1.66. The molecule has 0 saturated heterocycles. The van der Waals surface area contributed by atoms with Crippen LogP contribution in [0.5, 0.6) is 5.75 Å². The average Bonchev–Trinajstić information content (AvgIpc) is 3.11. The lowest BCUT2D eigenvalue weighted by Gasteiger charge is -2.13. The van der Waals surface area contributed by atoms with Crippen LogP contribution in [0.4, 0.5) is 5.82 Å². The zero-order valence-corrected chi connectivity index (χ0v) is 16.0. The number of hydrogen-bond acceptors (Lipinski definition) is 7. The maximum absolute atomic E-state index is 11.3. The van der Waals surface area contributed by atoms with E-state index in [0.29, 0.717) is 18.2 Å². The Morgan fingerprint density at radius 2 is 2.19 bits per heavy atom. The van der Waals surface area contributed by atoms with Crippen molar-refractivity contribution in [3.8, 4) is 5.75 Å². The van der Waals surface area contributed by atoms with Crippen LogP contribution in [-0.4, -0.2) is 35.0 Å². The average molecular weight is 383 g/mol. The highest BCUT2D eigenvalue weighted by Crippen LogP contribution is 2.28. The second kappa shape index (κ2) is 9.23. The van der Waals surface area contributed by atoms with Crippen molar-refractivity contribution < 1.29 is 14.3 Å². The quantitative estimate of drug-likeness (QED) is 0.605. The molecule has 6 nitrogen and oxygen atoms in total. The van der Waals surface area contributed by atoms with E-state index in [1.54, 1.807) is 24.0 Å². The number of pyridine rings is 1. The molecule has 1 aliphatic heterocycles. The minimum Gasteiger partial charge on any atom is -0.485 e. The molecule has 27 heavy (non-hydrogen) atoms. The lowest BCUT2D eigenvalue weighted by Crippen LogP contribution is -2.09. The summed E-state index contributed by atoms with van der Waals surface area (Å²) in [5, 5.41) is 4.07. The number of nitrogens with one attached hydrogen (secondary N) is 1. The largest absolute Gasteiger partial charge is 0.485 e. The molecule has 1 unspecified atom stereocenters. The van der Waals surface area contributed by atoms with E-state index in [2.05, 4.69) is 27.0 Å². The molecule has 3 rings (SSSR count). The van der Waals surface area contributed by atoms with Crippen molar-refractivity contribution in [2.75, 3.05) is 18.2 Å². The smallest absolute Gasteiger partial charge is 0.330 e. The minimum absolute atomic E-state index is 0.286. The Bertz CT molecular complexity index is 853. The molecule has 2 heterocycles. The van der Waals surface area contributed by atoms with Crippen LogP contribution in [0.25, 0.3) is 6.08 Å². The van der Waals surface area contributed by atoms with E-state index < -0.39 is 5.97 Å². The van der Waals surface area contributed by atoms with Gasteiger partial charge in [0.05, 0.1) is 13.2 Å². The number of esters is 1. The summed E-state index contributed by atoms with van der Waals surface area (Å²) in [6.07, 6.45) is 4.66. The minimum atomic E-state index is -0.422. The number of carbonyl (C=O) groups excluding carboxylic acids is 1. The first-order valence-electron chi connectivity index (χ1n) is 8.54. The van der Waals surface area contributed by atoms with Crippen molar-refractivity contribution in [3.05, 3.63) is 59.8 Å². The van der Waals surface area contributed by atoms with E-state index in [1.807, 2.05) is 36.4 Å². The maximum atomic E-state index is 11.3. The summed E-state index contributed by atoms with van der Waals surface area (Å²) < 4.78 is 10.6. The van der Waals surface area contributed by atoms with Gasteiger partial charge in [-0.05, 0) is 30.2 Å².